The van der Waals surface area contributed by atoms with E-state index >= 15 is 0 Å². The second kappa shape index (κ2) is 7.15. The lowest BCUT2D eigenvalue weighted by Crippen LogP contribution is -2.02. The van der Waals surface area contributed by atoms with Gasteiger partial charge in [-0.15, -0.1) is 0 Å². The van der Waals surface area contributed by atoms with Gasteiger partial charge in [0.25, 0.3) is 0 Å². The van der Waals surface area contributed by atoms with Crippen molar-refractivity contribution in [1.82, 2.24) is 0 Å². The van der Waals surface area contributed by atoms with Gasteiger partial charge in [-0.3, -0.25) is 4.99 Å². The quantitative estimate of drug-likeness (QED) is 0.704. The van der Waals surface area contributed by atoms with E-state index in [1.54, 1.807) is 31.5 Å². The second-order valence-corrected chi connectivity index (χ2v) is 5.54. The van der Waals surface area contributed by atoms with Crippen LogP contribution in [0.2, 0.25) is 0 Å². The fraction of sp³-hybridized carbons (Fsp3) is 0.150. The minimum atomic E-state index is -0.696. The van der Waals surface area contributed by atoms with Crippen molar-refractivity contribution in [2.75, 3.05) is 13.7 Å². The topological polar surface area (TPSA) is 62.0 Å². The number of phenols is 1. The SMILES string of the molecule is COc1ccc(O)c(C=NCC(O)c2ccc3ccccc3c2)c1. The molecule has 24 heavy (non-hydrogen) atoms. The van der Waals surface area contributed by atoms with Crippen molar-refractivity contribution in [1.29, 1.82) is 0 Å². The van der Waals surface area contributed by atoms with Crippen LogP contribution in [0.4, 0.5) is 0 Å². The first-order valence-corrected chi connectivity index (χ1v) is 7.71. The maximum absolute atomic E-state index is 10.3. The predicted molar refractivity (Wildman–Crippen MR) is 96.0 cm³/mol. The standard InChI is InChI=1S/C20H19NO3/c1-24-18-8-9-19(22)17(11-18)12-21-13-20(23)16-7-6-14-4-2-3-5-15(14)10-16/h2-12,20,22-23H,13H2,1H3. The average molecular weight is 321 g/mol. The molecule has 0 aliphatic carbocycles. The lowest BCUT2D eigenvalue weighted by atomic mass is 10.0. The molecule has 0 aliphatic heterocycles. The summed E-state index contributed by atoms with van der Waals surface area (Å²) in [6, 6.07) is 18.8. The predicted octanol–water partition coefficient (Wildman–Crippen LogP) is 3.71. The number of nitrogens with zero attached hydrogens (tertiary/aromatic N) is 1. The molecule has 4 nitrogen and oxygen atoms in total. The number of aliphatic imine (C=N–C) groups is 1. The van der Waals surface area contributed by atoms with Gasteiger partial charge in [0.05, 0.1) is 19.8 Å². The van der Waals surface area contributed by atoms with Crippen molar-refractivity contribution in [3.05, 3.63) is 71.8 Å². The number of benzene rings is 3. The number of hydrogen-bond acceptors (Lipinski definition) is 4. The molecule has 0 fully saturated rings. The van der Waals surface area contributed by atoms with Gasteiger partial charge in [0.2, 0.25) is 0 Å². The Labute approximate surface area is 140 Å². The molecule has 2 N–H and O–H groups in total. The monoisotopic (exact) mass is 321 g/mol. The Kier molecular flexibility index (Phi) is 4.77. The van der Waals surface area contributed by atoms with Crippen molar-refractivity contribution >= 4 is 17.0 Å². The van der Waals surface area contributed by atoms with Gasteiger partial charge in [-0.25, -0.2) is 0 Å². The normalized spacial score (nSPS) is 12.6. The minimum Gasteiger partial charge on any atom is -0.507 e. The van der Waals surface area contributed by atoms with E-state index in [-0.39, 0.29) is 12.3 Å². The zero-order chi connectivity index (χ0) is 16.9. The highest BCUT2D eigenvalue weighted by Gasteiger charge is 2.07. The lowest BCUT2D eigenvalue weighted by molar-refractivity contribution is 0.187. The first-order valence-electron chi connectivity index (χ1n) is 7.71. The van der Waals surface area contributed by atoms with E-state index < -0.39 is 6.10 Å². The van der Waals surface area contributed by atoms with Gasteiger partial charge in [0, 0.05) is 11.8 Å². The van der Waals surface area contributed by atoms with Crippen molar-refractivity contribution in [3.8, 4) is 11.5 Å². The molecule has 0 aliphatic rings. The summed E-state index contributed by atoms with van der Waals surface area (Å²) < 4.78 is 5.13. The number of ether oxygens (including phenoxy) is 1. The number of methoxy groups -OCH3 is 1. The molecule has 1 atom stereocenters. The summed E-state index contributed by atoms with van der Waals surface area (Å²) in [5, 5.41) is 22.4. The summed E-state index contributed by atoms with van der Waals surface area (Å²) in [4.78, 5) is 4.24. The summed E-state index contributed by atoms with van der Waals surface area (Å²) in [7, 11) is 1.57. The Balaban J connectivity index is 1.73. The molecule has 0 saturated heterocycles. The molecule has 0 spiro atoms. The largest absolute Gasteiger partial charge is 0.507 e. The van der Waals surface area contributed by atoms with Crippen LogP contribution < -0.4 is 4.74 Å². The molecular weight excluding hydrogens is 302 g/mol. The van der Waals surface area contributed by atoms with Crippen LogP contribution in [0.3, 0.4) is 0 Å². The fourth-order valence-corrected chi connectivity index (χ4v) is 2.53. The Morgan fingerprint density at radius 2 is 1.83 bits per heavy atom. The van der Waals surface area contributed by atoms with Gasteiger partial charge < -0.3 is 14.9 Å². The Hall–Kier alpha value is -2.85. The van der Waals surface area contributed by atoms with Gasteiger partial charge in [0.15, 0.2) is 0 Å². The van der Waals surface area contributed by atoms with Crippen molar-refractivity contribution in [3.63, 3.8) is 0 Å². The van der Waals surface area contributed by atoms with E-state index in [4.69, 9.17) is 4.74 Å². The molecule has 4 heteroatoms. The average Bonchev–Trinajstić information content (AvgIpc) is 2.62. The van der Waals surface area contributed by atoms with Crippen molar-refractivity contribution in [2.24, 2.45) is 4.99 Å². The molecule has 0 saturated carbocycles. The summed E-state index contributed by atoms with van der Waals surface area (Å²) in [5.74, 6) is 0.768. The highest BCUT2D eigenvalue weighted by atomic mass is 16.5. The third-order valence-corrected chi connectivity index (χ3v) is 3.90. The zero-order valence-corrected chi connectivity index (χ0v) is 13.4. The summed E-state index contributed by atoms with van der Waals surface area (Å²) in [6.07, 6.45) is 0.848. The Bertz CT molecular complexity index is 874. The summed E-state index contributed by atoms with van der Waals surface area (Å²) >= 11 is 0. The third-order valence-electron chi connectivity index (χ3n) is 3.90. The highest BCUT2D eigenvalue weighted by molar-refractivity contribution is 5.84. The van der Waals surface area contributed by atoms with Gasteiger partial charge in [-0.1, -0.05) is 36.4 Å². The number of rotatable bonds is 5. The minimum absolute atomic E-state index is 0.125. The lowest BCUT2D eigenvalue weighted by Gasteiger charge is -2.09. The first-order chi connectivity index (χ1) is 11.7. The summed E-state index contributed by atoms with van der Waals surface area (Å²) in [6.45, 7) is 0.217. The molecule has 0 heterocycles. The molecule has 0 bridgehead atoms. The Morgan fingerprint density at radius 3 is 2.62 bits per heavy atom. The number of fused-ring (bicyclic) bond motifs is 1. The van der Waals surface area contributed by atoms with Crippen LogP contribution >= 0.6 is 0 Å². The molecule has 0 radical (unpaired) electrons. The number of phenolic OH excluding ortho intramolecular Hbond substituents is 1. The highest BCUT2D eigenvalue weighted by Crippen LogP contribution is 2.22. The maximum atomic E-state index is 10.3. The molecule has 3 aromatic carbocycles. The summed E-state index contributed by atoms with van der Waals surface area (Å²) in [5.41, 5.74) is 1.38. The molecular formula is C20H19NO3. The van der Waals surface area contributed by atoms with E-state index in [1.165, 1.54) is 0 Å². The van der Waals surface area contributed by atoms with Crippen LogP contribution in [-0.2, 0) is 0 Å². The zero-order valence-electron chi connectivity index (χ0n) is 13.4. The van der Waals surface area contributed by atoms with Crippen LogP contribution in [-0.4, -0.2) is 30.1 Å². The third kappa shape index (κ3) is 3.55. The number of aliphatic hydroxyl groups excluding tert-OH is 1. The molecule has 3 aromatic rings. The van der Waals surface area contributed by atoms with E-state index in [0.717, 1.165) is 16.3 Å². The Morgan fingerprint density at radius 1 is 1.04 bits per heavy atom. The van der Waals surface area contributed by atoms with Crippen LogP contribution in [0.5, 0.6) is 11.5 Å². The van der Waals surface area contributed by atoms with E-state index in [2.05, 4.69) is 4.99 Å². The first kappa shape index (κ1) is 16.0. The maximum Gasteiger partial charge on any atom is 0.124 e. The van der Waals surface area contributed by atoms with Crippen molar-refractivity contribution in [2.45, 2.75) is 6.10 Å². The van der Waals surface area contributed by atoms with Crippen LogP contribution in [0.25, 0.3) is 10.8 Å². The van der Waals surface area contributed by atoms with E-state index in [9.17, 15) is 10.2 Å². The molecule has 3 rings (SSSR count). The van der Waals surface area contributed by atoms with E-state index in [1.807, 2.05) is 42.5 Å². The number of aliphatic hydroxyl groups is 1. The number of aromatic hydroxyl groups is 1. The fourth-order valence-electron chi connectivity index (χ4n) is 2.53. The van der Waals surface area contributed by atoms with Gasteiger partial charge in [0.1, 0.15) is 11.5 Å². The number of hydrogen-bond donors (Lipinski definition) is 2. The molecule has 0 amide bonds. The van der Waals surface area contributed by atoms with Crippen LogP contribution in [0, 0.1) is 0 Å². The van der Waals surface area contributed by atoms with Gasteiger partial charge >= 0.3 is 0 Å². The van der Waals surface area contributed by atoms with Crippen LogP contribution in [0.1, 0.15) is 17.2 Å². The second-order valence-electron chi connectivity index (χ2n) is 5.54. The van der Waals surface area contributed by atoms with Crippen LogP contribution in [0.15, 0.2) is 65.7 Å². The van der Waals surface area contributed by atoms with Gasteiger partial charge in [-0.2, -0.15) is 0 Å². The van der Waals surface area contributed by atoms with Gasteiger partial charge in [-0.05, 0) is 40.6 Å². The smallest absolute Gasteiger partial charge is 0.124 e. The molecule has 0 aromatic heterocycles. The molecule has 1 unspecified atom stereocenters. The molecule has 122 valence electrons. The van der Waals surface area contributed by atoms with Crippen molar-refractivity contribution < 1.29 is 14.9 Å². The van der Waals surface area contributed by atoms with E-state index in [0.29, 0.717) is 11.3 Å².